The minimum atomic E-state index is 0.0531. The van der Waals surface area contributed by atoms with Gasteiger partial charge in [-0.2, -0.15) is 5.10 Å². The molecule has 1 aliphatic heterocycles. The minimum Gasteiger partial charge on any atom is -0.384 e. The number of rotatable bonds is 3. The number of hydrogen-bond acceptors (Lipinski definition) is 5. The molecule has 1 saturated heterocycles. The molecule has 0 aromatic carbocycles. The van der Waals surface area contributed by atoms with E-state index < -0.39 is 0 Å². The maximum absolute atomic E-state index is 12.6. The Morgan fingerprint density at radius 1 is 1.14 bits per heavy atom. The first-order chi connectivity index (χ1) is 13.5. The van der Waals surface area contributed by atoms with Gasteiger partial charge in [0.2, 0.25) is 0 Å². The molecule has 0 spiro atoms. The van der Waals surface area contributed by atoms with Crippen LogP contribution in [0.25, 0.3) is 11.1 Å². The molecule has 144 valence electrons. The van der Waals surface area contributed by atoms with Crippen molar-refractivity contribution in [1.82, 2.24) is 24.6 Å². The highest BCUT2D eigenvalue weighted by Crippen LogP contribution is 2.30. The first kappa shape index (κ1) is 18.2. The van der Waals surface area contributed by atoms with Gasteiger partial charge in [0.15, 0.2) is 0 Å². The van der Waals surface area contributed by atoms with Crippen LogP contribution in [0.4, 0.5) is 5.82 Å². The van der Waals surface area contributed by atoms with E-state index in [9.17, 15) is 4.79 Å². The van der Waals surface area contributed by atoms with Crippen molar-refractivity contribution in [3.8, 4) is 11.1 Å². The van der Waals surface area contributed by atoms with E-state index in [1.807, 2.05) is 31.0 Å². The first-order valence-corrected chi connectivity index (χ1v) is 9.48. The summed E-state index contributed by atoms with van der Waals surface area (Å²) in [5, 5.41) is 4.09. The lowest BCUT2D eigenvalue weighted by molar-refractivity contribution is 0.0712. The highest BCUT2D eigenvalue weighted by Gasteiger charge is 2.26. The van der Waals surface area contributed by atoms with E-state index in [0.29, 0.717) is 17.3 Å². The fourth-order valence-corrected chi connectivity index (χ4v) is 3.74. The lowest BCUT2D eigenvalue weighted by Gasteiger charge is -2.31. The van der Waals surface area contributed by atoms with Gasteiger partial charge in [-0.15, -0.1) is 0 Å². The van der Waals surface area contributed by atoms with Gasteiger partial charge in [0, 0.05) is 55.4 Å². The van der Waals surface area contributed by atoms with E-state index in [1.165, 1.54) is 0 Å². The number of pyridine rings is 2. The molecule has 7 heteroatoms. The highest BCUT2D eigenvalue weighted by atomic mass is 16.2. The lowest BCUT2D eigenvalue weighted by Crippen LogP contribution is -2.38. The van der Waals surface area contributed by atoms with Crippen LogP contribution in [-0.4, -0.2) is 43.6 Å². The van der Waals surface area contributed by atoms with Gasteiger partial charge in [0.05, 0.1) is 11.8 Å². The average Bonchev–Trinajstić information content (AvgIpc) is 3.14. The smallest absolute Gasteiger partial charge is 0.257 e. The largest absolute Gasteiger partial charge is 0.384 e. The number of amides is 1. The molecule has 0 aliphatic carbocycles. The average molecular weight is 376 g/mol. The van der Waals surface area contributed by atoms with Gasteiger partial charge in [0.1, 0.15) is 5.82 Å². The molecule has 0 bridgehead atoms. The molecular weight excluding hydrogens is 352 g/mol. The fraction of sp³-hybridized carbons (Fsp3) is 0.333. The number of aryl methyl sites for hydroxylation is 2. The van der Waals surface area contributed by atoms with Gasteiger partial charge in [-0.25, -0.2) is 4.98 Å². The minimum absolute atomic E-state index is 0.0531. The third-order valence-electron chi connectivity index (χ3n) is 5.25. The van der Waals surface area contributed by atoms with Crippen LogP contribution in [0.1, 0.15) is 40.5 Å². The Morgan fingerprint density at radius 3 is 2.57 bits per heavy atom. The van der Waals surface area contributed by atoms with Gasteiger partial charge in [-0.1, -0.05) is 0 Å². The maximum atomic E-state index is 12.6. The summed E-state index contributed by atoms with van der Waals surface area (Å²) >= 11 is 0. The zero-order chi connectivity index (χ0) is 19.7. The Morgan fingerprint density at radius 2 is 1.93 bits per heavy atom. The van der Waals surface area contributed by atoms with Crippen LogP contribution < -0.4 is 5.73 Å². The van der Waals surface area contributed by atoms with Crippen molar-refractivity contribution in [2.75, 3.05) is 18.8 Å². The summed E-state index contributed by atoms with van der Waals surface area (Å²) in [4.78, 5) is 23.5. The molecule has 0 radical (unpaired) electrons. The Hall–Kier alpha value is -3.22. The van der Waals surface area contributed by atoms with Gasteiger partial charge in [-0.05, 0) is 49.6 Å². The van der Waals surface area contributed by atoms with E-state index >= 15 is 0 Å². The number of likely N-dealkylation sites (tertiary alicyclic amines) is 1. The van der Waals surface area contributed by atoms with E-state index in [1.54, 1.807) is 23.3 Å². The number of piperidine rings is 1. The number of anilines is 1. The van der Waals surface area contributed by atoms with Crippen molar-refractivity contribution >= 4 is 11.7 Å². The fourth-order valence-electron chi connectivity index (χ4n) is 3.74. The zero-order valence-electron chi connectivity index (χ0n) is 16.2. The second-order valence-corrected chi connectivity index (χ2v) is 7.36. The predicted octanol–water partition coefficient (Wildman–Crippen LogP) is 2.79. The van der Waals surface area contributed by atoms with Crippen LogP contribution in [0.3, 0.4) is 0 Å². The van der Waals surface area contributed by atoms with Crippen molar-refractivity contribution in [1.29, 1.82) is 0 Å². The van der Waals surface area contributed by atoms with Crippen molar-refractivity contribution in [2.24, 2.45) is 7.05 Å². The number of nitrogen functional groups attached to an aromatic ring is 1. The number of aromatic nitrogens is 4. The van der Waals surface area contributed by atoms with E-state index in [4.69, 9.17) is 10.7 Å². The van der Waals surface area contributed by atoms with Crippen molar-refractivity contribution < 1.29 is 4.79 Å². The summed E-state index contributed by atoms with van der Waals surface area (Å²) in [6.45, 7) is 3.47. The molecular formula is C21H24N6O. The number of nitrogens with zero attached hydrogens (tertiary/aromatic N) is 5. The van der Waals surface area contributed by atoms with Gasteiger partial charge < -0.3 is 10.6 Å². The molecule has 0 saturated carbocycles. The molecule has 0 atom stereocenters. The van der Waals surface area contributed by atoms with Gasteiger partial charge in [0.25, 0.3) is 5.91 Å². The van der Waals surface area contributed by atoms with E-state index in [-0.39, 0.29) is 5.91 Å². The monoisotopic (exact) mass is 376 g/mol. The maximum Gasteiger partial charge on any atom is 0.257 e. The zero-order valence-corrected chi connectivity index (χ0v) is 16.2. The Kier molecular flexibility index (Phi) is 4.81. The standard InChI is InChI=1S/C21H24N6O/c1-14-9-17(16-3-4-20(22)23-11-16)10-19(25-14)15-5-7-27(8-6-15)21(28)18-12-24-26(2)13-18/h3-4,9-13,15H,5-8H2,1-2H3,(H2,22,23). The SMILES string of the molecule is Cc1cc(-c2ccc(N)nc2)cc(C2CCN(C(=O)c3cnn(C)c3)CC2)n1. The van der Waals surface area contributed by atoms with Crippen LogP contribution in [0.15, 0.2) is 42.9 Å². The van der Waals surface area contributed by atoms with E-state index in [2.05, 4.69) is 22.2 Å². The summed E-state index contributed by atoms with van der Waals surface area (Å²) in [5.41, 5.74) is 10.5. The number of nitrogens with two attached hydrogens (primary N) is 1. The second-order valence-electron chi connectivity index (χ2n) is 7.36. The van der Waals surface area contributed by atoms with Crippen LogP contribution in [-0.2, 0) is 7.05 Å². The number of hydrogen-bond donors (Lipinski definition) is 1. The van der Waals surface area contributed by atoms with Crippen LogP contribution in [0.2, 0.25) is 0 Å². The van der Waals surface area contributed by atoms with Gasteiger partial charge in [-0.3, -0.25) is 14.5 Å². The van der Waals surface area contributed by atoms with Crippen LogP contribution in [0.5, 0.6) is 0 Å². The van der Waals surface area contributed by atoms with Crippen molar-refractivity contribution in [3.05, 3.63) is 59.8 Å². The van der Waals surface area contributed by atoms with Crippen LogP contribution in [0, 0.1) is 6.92 Å². The molecule has 1 fully saturated rings. The molecule has 2 N–H and O–H groups in total. The predicted molar refractivity (Wildman–Crippen MR) is 108 cm³/mol. The Bertz CT molecular complexity index is 986. The van der Waals surface area contributed by atoms with Crippen molar-refractivity contribution in [2.45, 2.75) is 25.7 Å². The molecule has 1 amide bonds. The molecule has 28 heavy (non-hydrogen) atoms. The molecule has 0 unspecified atom stereocenters. The topological polar surface area (TPSA) is 89.9 Å². The molecule has 4 heterocycles. The third-order valence-corrected chi connectivity index (χ3v) is 5.25. The summed E-state index contributed by atoms with van der Waals surface area (Å²) in [5.74, 6) is 0.913. The number of carbonyl (C=O) groups is 1. The molecule has 1 aliphatic rings. The summed E-state index contributed by atoms with van der Waals surface area (Å²) in [6.07, 6.45) is 7.00. The van der Waals surface area contributed by atoms with Crippen molar-refractivity contribution in [3.63, 3.8) is 0 Å². The number of carbonyl (C=O) groups excluding carboxylic acids is 1. The Balaban J connectivity index is 1.48. The molecule has 3 aromatic heterocycles. The molecule has 3 aromatic rings. The Labute approximate surface area is 164 Å². The van der Waals surface area contributed by atoms with Gasteiger partial charge >= 0.3 is 0 Å². The van der Waals surface area contributed by atoms with E-state index in [0.717, 1.165) is 48.4 Å². The lowest BCUT2D eigenvalue weighted by atomic mass is 9.91. The quantitative estimate of drug-likeness (QED) is 0.759. The molecule has 7 nitrogen and oxygen atoms in total. The summed E-state index contributed by atoms with van der Waals surface area (Å²) in [6, 6.07) is 8.00. The second kappa shape index (κ2) is 7.42. The molecule has 4 rings (SSSR count). The first-order valence-electron chi connectivity index (χ1n) is 9.48. The van der Waals surface area contributed by atoms with Crippen LogP contribution >= 0.6 is 0 Å². The summed E-state index contributed by atoms with van der Waals surface area (Å²) < 4.78 is 1.66. The normalized spacial score (nSPS) is 15.0. The highest BCUT2D eigenvalue weighted by molar-refractivity contribution is 5.93. The third kappa shape index (κ3) is 3.74. The summed E-state index contributed by atoms with van der Waals surface area (Å²) in [7, 11) is 1.82.